The highest BCUT2D eigenvalue weighted by Crippen LogP contribution is 2.29. The Bertz CT molecular complexity index is 579. The van der Waals surface area contributed by atoms with Gasteiger partial charge in [-0.1, -0.05) is 53.0 Å². The summed E-state index contributed by atoms with van der Waals surface area (Å²) in [6.45, 7) is 0.861. The average molecular weight is 346 g/mol. The Morgan fingerprint density at radius 3 is 2.57 bits per heavy atom. The van der Waals surface area contributed by atoms with E-state index >= 15 is 0 Å². The number of ether oxygens (including phenoxy) is 1. The first-order chi connectivity index (χ1) is 10.3. The van der Waals surface area contributed by atoms with Gasteiger partial charge in [0.2, 0.25) is 0 Å². The molecular weight excluding hydrogens is 326 g/mol. The van der Waals surface area contributed by atoms with Gasteiger partial charge in [-0.15, -0.1) is 0 Å². The Balaban J connectivity index is 1.73. The maximum absolute atomic E-state index is 6.04. The minimum atomic E-state index is 0.665. The monoisotopic (exact) mass is 345 g/mol. The molecule has 1 N–H and O–H groups in total. The van der Waals surface area contributed by atoms with Gasteiger partial charge in [0, 0.05) is 22.6 Å². The van der Waals surface area contributed by atoms with Crippen molar-refractivity contribution in [2.24, 2.45) is 0 Å². The first kappa shape index (κ1) is 14.6. The largest absolute Gasteiger partial charge is 0.457 e. The summed E-state index contributed by atoms with van der Waals surface area (Å²) in [5.74, 6) is 1.79. The minimum Gasteiger partial charge on any atom is -0.457 e. The van der Waals surface area contributed by atoms with Gasteiger partial charge in [-0.3, -0.25) is 0 Å². The molecule has 0 bridgehead atoms. The van der Waals surface area contributed by atoms with Gasteiger partial charge in [-0.25, -0.2) is 0 Å². The van der Waals surface area contributed by atoms with E-state index in [0.717, 1.165) is 22.5 Å². The van der Waals surface area contributed by atoms with Crippen LogP contribution in [0.4, 0.5) is 0 Å². The van der Waals surface area contributed by atoms with Crippen molar-refractivity contribution in [1.82, 2.24) is 5.32 Å². The van der Waals surface area contributed by atoms with Crippen molar-refractivity contribution >= 4 is 15.9 Å². The second kappa shape index (κ2) is 7.10. The molecule has 0 amide bonds. The van der Waals surface area contributed by atoms with Gasteiger partial charge < -0.3 is 10.1 Å². The molecule has 0 atom stereocenters. The standard InChI is InChI=1S/C18H20BrNO/c19-15-11-10-14(13-20-16-6-4-5-7-16)18(12-15)21-17-8-2-1-3-9-17/h1-3,8-12,16,20H,4-7,13H2. The quantitative estimate of drug-likeness (QED) is 0.796. The van der Waals surface area contributed by atoms with E-state index in [9.17, 15) is 0 Å². The topological polar surface area (TPSA) is 21.3 Å². The van der Waals surface area contributed by atoms with Crippen LogP contribution < -0.4 is 10.1 Å². The highest BCUT2D eigenvalue weighted by Gasteiger charge is 2.15. The zero-order valence-electron chi connectivity index (χ0n) is 12.0. The second-order valence-corrected chi connectivity index (χ2v) is 6.45. The SMILES string of the molecule is Brc1ccc(CNC2CCCC2)c(Oc2ccccc2)c1. The highest BCUT2D eigenvalue weighted by molar-refractivity contribution is 9.10. The van der Waals surface area contributed by atoms with Gasteiger partial charge in [0.05, 0.1) is 0 Å². The molecule has 1 aliphatic rings. The minimum absolute atomic E-state index is 0.665. The number of benzene rings is 2. The van der Waals surface area contributed by atoms with Crippen molar-refractivity contribution < 1.29 is 4.74 Å². The smallest absolute Gasteiger partial charge is 0.133 e. The van der Waals surface area contributed by atoms with Crippen LogP contribution in [0.25, 0.3) is 0 Å². The summed E-state index contributed by atoms with van der Waals surface area (Å²) >= 11 is 3.53. The van der Waals surface area contributed by atoms with Gasteiger partial charge in [-0.05, 0) is 37.1 Å². The van der Waals surface area contributed by atoms with Crippen LogP contribution in [-0.4, -0.2) is 6.04 Å². The Morgan fingerprint density at radius 1 is 1.05 bits per heavy atom. The molecule has 0 unspecified atom stereocenters. The Hall–Kier alpha value is -1.32. The third-order valence-corrected chi connectivity index (χ3v) is 4.43. The molecule has 0 aliphatic heterocycles. The molecule has 21 heavy (non-hydrogen) atoms. The first-order valence-electron chi connectivity index (χ1n) is 7.56. The molecule has 3 heteroatoms. The normalized spacial score (nSPS) is 15.3. The molecule has 0 radical (unpaired) electrons. The van der Waals surface area contributed by atoms with Crippen LogP contribution in [0.5, 0.6) is 11.5 Å². The number of hydrogen-bond donors (Lipinski definition) is 1. The lowest BCUT2D eigenvalue weighted by Gasteiger charge is -2.15. The summed E-state index contributed by atoms with van der Waals surface area (Å²) in [5.41, 5.74) is 1.20. The van der Waals surface area contributed by atoms with E-state index in [1.54, 1.807) is 0 Å². The summed E-state index contributed by atoms with van der Waals surface area (Å²) in [6, 6.07) is 16.8. The molecule has 1 aliphatic carbocycles. The summed E-state index contributed by atoms with van der Waals surface area (Å²) in [5, 5.41) is 3.65. The molecule has 2 aromatic rings. The van der Waals surface area contributed by atoms with Crippen LogP contribution in [0, 0.1) is 0 Å². The van der Waals surface area contributed by atoms with E-state index in [1.165, 1.54) is 31.2 Å². The van der Waals surface area contributed by atoms with E-state index in [4.69, 9.17) is 4.74 Å². The fraction of sp³-hybridized carbons (Fsp3) is 0.333. The van der Waals surface area contributed by atoms with Crippen molar-refractivity contribution in [3.05, 3.63) is 58.6 Å². The molecule has 2 nitrogen and oxygen atoms in total. The number of para-hydroxylation sites is 1. The summed E-state index contributed by atoms with van der Waals surface area (Å²) in [6.07, 6.45) is 5.30. The van der Waals surface area contributed by atoms with Gasteiger partial charge in [0.25, 0.3) is 0 Å². The highest BCUT2D eigenvalue weighted by atomic mass is 79.9. The maximum atomic E-state index is 6.04. The van der Waals surface area contributed by atoms with Crippen molar-refractivity contribution in [2.75, 3.05) is 0 Å². The molecule has 1 saturated carbocycles. The van der Waals surface area contributed by atoms with E-state index in [2.05, 4.69) is 33.4 Å². The van der Waals surface area contributed by atoms with Crippen molar-refractivity contribution in [2.45, 2.75) is 38.3 Å². The van der Waals surface area contributed by atoms with E-state index in [1.807, 2.05) is 36.4 Å². The lowest BCUT2D eigenvalue weighted by molar-refractivity contribution is 0.463. The van der Waals surface area contributed by atoms with Crippen molar-refractivity contribution in [3.63, 3.8) is 0 Å². The Labute approximate surface area is 134 Å². The molecule has 0 spiro atoms. The summed E-state index contributed by atoms with van der Waals surface area (Å²) < 4.78 is 7.08. The number of nitrogens with one attached hydrogen (secondary N) is 1. The maximum Gasteiger partial charge on any atom is 0.133 e. The lowest BCUT2D eigenvalue weighted by Crippen LogP contribution is -2.25. The van der Waals surface area contributed by atoms with Crippen LogP contribution >= 0.6 is 15.9 Å². The Kier molecular flexibility index (Phi) is 4.94. The second-order valence-electron chi connectivity index (χ2n) is 5.53. The van der Waals surface area contributed by atoms with Crippen molar-refractivity contribution in [3.8, 4) is 11.5 Å². The van der Waals surface area contributed by atoms with Crippen LogP contribution in [0.15, 0.2) is 53.0 Å². The molecule has 110 valence electrons. The van der Waals surface area contributed by atoms with Gasteiger partial charge in [-0.2, -0.15) is 0 Å². The van der Waals surface area contributed by atoms with E-state index < -0.39 is 0 Å². The van der Waals surface area contributed by atoms with Crippen LogP contribution in [-0.2, 0) is 6.54 Å². The summed E-state index contributed by atoms with van der Waals surface area (Å²) in [7, 11) is 0. The molecular formula is C18H20BrNO. The third-order valence-electron chi connectivity index (χ3n) is 3.94. The molecule has 2 aromatic carbocycles. The predicted molar refractivity (Wildman–Crippen MR) is 89.8 cm³/mol. The van der Waals surface area contributed by atoms with Gasteiger partial charge in [0.15, 0.2) is 0 Å². The molecule has 1 fully saturated rings. The number of halogens is 1. The van der Waals surface area contributed by atoms with Crippen LogP contribution in [0.1, 0.15) is 31.2 Å². The fourth-order valence-electron chi connectivity index (χ4n) is 2.77. The zero-order chi connectivity index (χ0) is 14.5. The Morgan fingerprint density at radius 2 is 1.81 bits per heavy atom. The molecule has 0 heterocycles. The van der Waals surface area contributed by atoms with E-state index in [-0.39, 0.29) is 0 Å². The first-order valence-corrected chi connectivity index (χ1v) is 8.35. The van der Waals surface area contributed by atoms with Crippen molar-refractivity contribution in [1.29, 1.82) is 0 Å². The predicted octanol–water partition coefficient (Wildman–Crippen LogP) is 5.27. The molecule has 0 saturated heterocycles. The van der Waals surface area contributed by atoms with Gasteiger partial charge in [0.1, 0.15) is 11.5 Å². The van der Waals surface area contributed by atoms with Crippen LogP contribution in [0.3, 0.4) is 0 Å². The van der Waals surface area contributed by atoms with Crippen LogP contribution in [0.2, 0.25) is 0 Å². The third kappa shape index (κ3) is 4.08. The fourth-order valence-corrected chi connectivity index (χ4v) is 3.11. The number of rotatable bonds is 5. The molecule has 3 rings (SSSR count). The lowest BCUT2D eigenvalue weighted by atomic mass is 10.1. The average Bonchev–Trinajstić information content (AvgIpc) is 3.01. The molecule has 0 aromatic heterocycles. The van der Waals surface area contributed by atoms with E-state index in [0.29, 0.717) is 6.04 Å². The number of hydrogen-bond acceptors (Lipinski definition) is 2. The summed E-state index contributed by atoms with van der Waals surface area (Å²) in [4.78, 5) is 0. The van der Waals surface area contributed by atoms with Gasteiger partial charge >= 0.3 is 0 Å². The zero-order valence-corrected chi connectivity index (χ0v) is 13.6.